The predicted molar refractivity (Wildman–Crippen MR) is 134 cm³/mol. The lowest BCUT2D eigenvalue weighted by Crippen LogP contribution is -2.26. The van der Waals surface area contributed by atoms with Crippen LogP contribution in [0.1, 0.15) is 47.6 Å². The average molecular weight is 463 g/mol. The number of para-hydroxylation sites is 1. The lowest BCUT2D eigenvalue weighted by Gasteiger charge is -2.31. The van der Waals surface area contributed by atoms with Crippen molar-refractivity contribution < 1.29 is 14.3 Å². The molecule has 0 unspecified atom stereocenters. The molecule has 5 heteroatoms. The van der Waals surface area contributed by atoms with Gasteiger partial charge in [-0.25, -0.2) is 4.68 Å². The number of hydrogen-bond donors (Lipinski definition) is 0. The van der Waals surface area contributed by atoms with E-state index in [-0.39, 0.29) is 11.7 Å². The van der Waals surface area contributed by atoms with Crippen LogP contribution in [0.3, 0.4) is 0 Å². The third-order valence-electron chi connectivity index (χ3n) is 6.68. The summed E-state index contributed by atoms with van der Waals surface area (Å²) in [5.74, 6) is 2.96. The van der Waals surface area contributed by atoms with Gasteiger partial charge in [-0.2, -0.15) is 5.10 Å². The number of allylic oxidation sites excluding steroid dienone is 2. The summed E-state index contributed by atoms with van der Waals surface area (Å²) in [4.78, 5) is 13.2. The van der Waals surface area contributed by atoms with Crippen LogP contribution in [0.25, 0.3) is 0 Å². The van der Waals surface area contributed by atoms with Gasteiger partial charge in [0.05, 0.1) is 12.2 Å². The van der Waals surface area contributed by atoms with Crippen LogP contribution in [0, 0.1) is 6.92 Å². The third kappa shape index (κ3) is 4.03. The van der Waals surface area contributed by atoms with Gasteiger partial charge < -0.3 is 9.47 Å². The molecule has 4 aromatic rings. The maximum atomic E-state index is 13.2. The number of aromatic nitrogens is 2. The Morgan fingerprint density at radius 3 is 2.49 bits per heavy atom. The molecule has 0 saturated carbocycles. The van der Waals surface area contributed by atoms with Crippen molar-refractivity contribution in [2.24, 2.45) is 0 Å². The van der Waals surface area contributed by atoms with Crippen LogP contribution in [0.4, 0.5) is 0 Å². The van der Waals surface area contributed by atoms with Crippen LogP contribution < -0.4 is 9.47 Å². The zero-order chi connectivity index (χ0) is 23.8. The Labute approximate surface area is 204 Å². The summed E-state index contributed by atoms with van der Waals surface area (Å²) >= 11 is 0. The molecule has 174 valence electrons. The molecule has 0 saturated heterocycles. The van der Waals surface area contributed by atoms with Gasteiger partial charge in [0.25, 0.3) is 0 Å². The Bertz CT molecular complexity index is 1420. The van der Waals surface area contributed by atoms with Crippen molar-refractivity contribution >= 4 is 5.78 Å². The van der Waals surface area contributed by atoms with Gasteiger partial charge in [0.15, 0.2) is 5.78 Å². The summed E-state index contributed by atoms with van der Waals surface area (Å²) in [7, 11) is 0. The number of benzene rings is 3. The van der Waals surface area contributed by atoms with E-state index in [1.165, 1.54) is 0 Å². The highest BCUT2D eigenvalue weighted by Crippen LogP contribution is 2.48. The average Bonchev–Trinajstić information content (AvgIpc) is 3.19. The Balaban J connectivity index is 1.45. The van der Waals surface area contributed by atoms with Crippen LogP contribution in [-0.2, 0) is 11.3 Å². The minimum absolute atomic E-state index is 0.159. The first-order chi connectivity index (χ1) is 17.2. The topological polar surface area (TPSA) is 53.4 Å². The quantitative estimate of drug-likeness (QED) is 0.337. The van der Waals surface area contributed by atoms with Gasteiger partial charge >= 0.3 is 0 Å². The Morgan fingerprint density at radius 2 is 1.69 bits per heavy atom. The first-order valence-corrected chi connectivity index (χ1v) is 12.1. The summed E-state index contributed by atoms with van der Waals surface area (Å²) in [6, 6.07) is 28.0. The highest BCUT2D eigenvalue weighted by molar-refractivity contribution is 5.99. The van der Waals surface area contributed by atoms with Crippen molar-refractivity contribution in [3.8, 4) is 17.4 Å². The minimum atomic E-state index is -0.231. The molecule has 1 atom stereocenters. The lowest BCUT2D eigenvalue weighted by atomic mass is 9.77. The summed E-state index contributed by atoms with van der Waals surface area (Å²) in [6.45, 7) is 2.61. The van der Waals surface area contributed by atoms with E-state index in [1.807, 2.05) is 78.3 Å². The number of rotatable bonds is 5. The van der Waals surface area contributed by atoms with Crippen LogP contribution in [0.2, 0.25) is 0 Å². The van der Waals surface area contributed by atoms with Gasteiger partial charge in [-0.1, -0.05) is 60.7 Å². The fraction of sp³-hybridized carbons (Fsp3) is 0.200. The number of Topliss-reactive ketones (excluding diaryl/α,β-unsaturated/α-hetero) is 1. The number of fused-ring (bicyclic) bond motifs is 1. The summed E-state index contributed by atoms with van der Waals surface area (Å²) in [5.41, 5.74) is 4.76. The fourth-order valence-corrected chi connectivity index (χ4v) is 5.12. The molecule has 6 rings (SSSR count). The van der Waals surface area contributed by atoms with Crippen molar-refractivity contribution in [3.05, 3.63) is 119 Å². The Kier molecular flexibility index (Phi) is 5.45. The Morgan fingerprint density at radius 1 is 0.943 bits per heavy atom. The highest BCUT2D eigenvalue weighted by Gasteiger charge is 2.40. The number of nitrogens with zero attached hydrogens (tertiary/aromatic N) is 2. The Hall–Kier alpha value is -4.12. The number of aryl methyl sites for hydroxylation is 1. The standard InChI is InChI=1S/C30H26N2O3/c1-20-27-28(22-12-8-15-24(18-22)34-23-13-6-3-7-14-23)29-25(33)16-9-17-26(29)35-30(27)32(31-20)19-21-10-4-2-5-11-21/h2-8,10-15,18,28H,9,16-17,19H2,1H3/t28-/m1/s1. The van der Waals surface area contributed by atoms with Crippen molar-refractivity contribution in [2.45, 2.75) is 38.6 Å². The van der Waals surface area contributed by atoms with Crippen LogP contribution in [0.15, 0.2) is 96.3 Å². The van der Waals surface area contributed by atoms with Gasteiger partial charge in [0.2, 0.25) is 5.88 Å². The van der Waals surface area contributed by atoms with Crippen molar-refractivity contribution in [2.75, 3.05) is 0 Å². The van der Waals surface area contributed by atoms with E-state index in [4.69, 9.17) is 14.6 Å². The van der Waals surface area contributed by atoms with E-state index in [0.29, 0.717) is 13.0 Å². The fourth-order valence-electron chi connectivity index (χ4n) is 5.12. The van der Waals surface area contributed by atoms with E-state index in [0.717, 1.165) is 63.9 Å². The van der Waals surface area contributed by atoms with Gasteiger partial charge in [0, 0.05) is 29.9 Å². The molecule has 5 nitrogen and oxygen atoms in total. The van der Waals surface area contributed by atoms with E-state index in [2.05, 4.69) is 18.2 Å². The van der Waals surface area contributed by atoms with Crippen molar-refractivity contribution in [1.82, 2.24) is 9.78 Å². The van der Waals surface area contributed by atoms with E-state index in [9.17, 15) is 4.79 Å². The molecule has 0 fully saturated rings. The number of ketones is 1. The molecule has 0 N–H and O–H groups in total. The van der Waals surface area contributed by atoms with E-state index in [1.54, 1.807) is 0 Å². The van der Waals surface area contributed by atoms with Gasteiger partial charge in [-0.3, -0.25) is 4.79 Å². The number of hydrogen-bond acceptors (Lipinski definition) is 4. The van der Waals surface area contributed by atoms with Gasteiger partial charge in [0.1, 0.15) is 17.3 Å². The monoisotopic (exact) mass is 462 g/mol. The van der Waals surface area contributed by atoms with Crippen molar-refractivity contribution in [3.63, 3.8) is 0 Å². The molecule has 1 aromatic heterocycles. The molecule has 2 aliphatic rings. The summed E-state index contributed by atoms with van der Waals surface area (Å²) < 4.78 is 14.5. The lowest BCUT2D eigenvalue weighted by molar-refractivity contribution is -0.116. The zero-order valence-corrected chi connectivity index (χ0v) is 19.6. The second-order valence-corrected chi connectivity index (χ2v) is 9.08. The molecule has 35 heavy (non-hydrogen) atoms. The number of carbonyl (C=O) groups excluding carboxylic acids is 1. The molecule has 1 aliphatic carbocycles. The molecular weight excluding hydrogens is 436 g/mol. The van der Waals surface area contributed by atoms with Crippen LogP contribution >= 0.6 is 0 Å². The molecule has 3 aromatic carbocycles. The second kappa shape index (κ2) is 8.91. The number of ether oxygens (including phenoxy) is 2. The van der Waals surface area contributed by atoms with Gasteiger partial charge in [-0.05, 0) is 48.7 Å². The van der Waals surface area contributed by atoms with Crippen LogP contribution in [-0.4, -0.2) is 15.6 Å². The SMILES string of the molecule is Cc1nn(Cc2ccccc2)c2c1[C@@H](c1cccc(Oc3ccccc3)c1)C1=C(CCCC1=O)O2. The first kappa shape index (κ1) is 21.4. The number of carbonyl (C=O) groups is 1. The predicted octanol–water partition coefficient (Wildman–Crippen LogP) is 6.56. The second-order valence-electron chi connectivity index (χ2n) is 9.08. The zero-order valence-electron chi connectivity index (χ0n) is 19.6. The minimum Gasteiger partial charge on any atom is -0.457 e. The molecule has 0 radical (unpaired) electrons. The molecule has 0 amide bonds. The van der Waals surface area contributed by atoms with E-state index < -0.39 is 0 Å². The smallest absolute Gasteiger partial charge is 0.222 e. The molecular formula is C30H26N2O3. The molecule has 2 heterocycles. The molecule has 1 aliphatic heterocycles. The van der Waals surface area contributed by atoms with Gasteiger partial charge in [-0.15, -0.1) is 0 Å². The molecule has 0 bridgehead atoms. The third-order valence-corrected chi connectivity index (χ3v) is 6.68. The van der Waals surface area contributed by atoms with Crippen molar-refractivity contribution in [1.29, 1.82) is 0 Å². The summed E-state index contributed by atoms with van der Waals surface area (Å²) in [6.07, 6.45) is 2.11. The largest absolute Gasteiger partial charge is 0.457 e. The van der Waals surface area contributed by atoms with Crippen LogP contribution in [0.5, 0.6) is 17.4 Å². The molecule has 0 spiro atoms. The maximum absolute atomic E-state index is 13.2. The summed E-state index contributed by atoms with van der Waals surface area (Å²) in [5, 5.41) is 4.86. The maximum Gasteiger partial charge on any atom is 0.222 e. The first-order valence-electron chi connectivity index (χ1n) is 12.1. The normalized spacial score (nSPS) is 16.9. The van der Waals surface area contributed by atoms with E-state index >= 15 is 0 Å². The highest BCUT2D eigenvalue weighted by atomic mass is 16.5.